The highest BCUT2D eigenvalue weighted by Crippen LogP contribution is 2.32. The summed E-state index contributed by atoms with van der Waals surface area (Å²) in [6.45, 7) is 8.38. The monoisotopic (exact) mass is 522 g/mol. The fourth-order valence-electron chi connectivity index (χ4n) is 7.35. The Hall–Kier alpha value is -2.49. The van der Waals surface area contributed by atoms with Crippen molar-refractivity contribution >= 4 is 22.8 Å². The Bertz CT molecular complexity index is 1230. The van der Waals surface area contributed by atoms with Crippen LogP contribution in [0.3, 0.4) is 0 Å². The van der Waals surface area contributed by atoms with Crippen LogP contribution in [-0.4, -0.2) is 82.6 Å². The Kier molecular flexibility index (Phi) is 7.42. The van der Waals surface area contributed by atoms with E-state index in [1.165, 1.54) is 64.0 Å². The van der Waals surface area contributed by atoms with E-state index in [4.69, 9.17) is 0 Å². The van der Waals surface area contributed by atoms with Crippen molar-refractivity contribution in [3.63, 3.8) is 0 Å². The Labute approximate surface area is 224 Å². The highest BCUT2D eigenvalue weighted by molar-refractivity contribution is 6.00. The average molecular weight is 523 g/mol. The predicted octanol–water partition coefficient (Wildman–Crippen LogP) is 1.96. The van der Waals surface area contributed by atoms with E-state index >= 15 is 0 Å². The van der Waals surface area contributed by atoms with Gasteiger partial charge in [0.2, 0.25) is 11.8 Å². The first-order valence-corrected chi connectivity index (χ1v) is 14.7. The van der Waals surface area contributed by atoms with E-state index in [-0.39, 0.29) is 23.9 Å². The molecule has 1 atom stereocenters. The molecule has 0 spiro atoms. The third-order valence-corrected chi connectivity index (χ3v) is 9.68. The van der Waals surface area contributed by atoms with Crippen molar-refractivity contribution in [2.75, 3.05) is 45.8 Å². The number of hydrogen-bond donors (Lipinski definition) is 2. The van der Waals surface area contributed by atoms with E-state index < -0.39 is 6.04 Å². The lowest BCUT2D eigenvalue weighted by atomic mass is 9.88. The molecule has 206 valence electrons. The molecule has 1 unspecified atom stereocenters. The largest absolute Gasteiger partial charge is 0.329 e. The minimum Gasteiger partial charge on any atom is -0.317 e. The second kappa shape index (κ2) is 10.9. The molecule has 0 radical (unpaired) electrons. The molecular formula is C29H42N6O3. The maximum Gasteiger partial charge on any atom is 0.329 e. The number of fused-ring (bicyclic) bond motifs is 1. The number of likely N-dealkylation sites (tertiary alicyclic amines) is 2. The van der Waals surface area contributed by atoms with Gasteiger partial charge >= 0.3 is 5.69 Å². The molecule has 38 heavy (non-hydrogen) atoms. The van der Waals surface area contributed by atoms with Gasteiger partial charge in [-0.05, 0) is 114 Å². The molecular weight excluding hydrogens is 480 g/mol. The summed E-state index contributed by atoms with van der Waals surface area (Å²) in [5.41, 5.74) is 2.71. The van der Waals surface area contributed by atoms with Crippen LogP contribution in [0, 0.1) is 5.92 Å². The van der Waals surface area contributed by atoms with Crippen LogP contribution in [0.25, 0.3) is 11.0 Å². The second-order valence-corrected chi connectivity index (χ2v) is 12.0. The van der Waals surface area contributed by atoms with Crippen LogP contribution in [0.15, 0.2) is 23.0 Å². The van der Waals surface area contributed by atoms with E-state index in [2.05, 4.69) is 32.6 Å². The summed E-state index contributed by atoms with van der Waals surface area (Å²) in [4.78, 5) is 42.6. The molecule has 1 aromatic heterocycles. The molecule has 4 fully saturated rings. The third-order valence-electron chi connectivity index (χ3n) is 9.68. The van der Waals surface area contributed by atoms with Crippen molar-refractivity contribution in [1.82, 2.24) is 29.6 Å². The zero-order chi connectivity index (χ0) is 26.2. The Morgan fingerprint density at radius 1 is 0.868 bits per heavy atom. The van der Waals surface area contributed by atoms with Gasteiger partial charge in [0.25, 0.3) is 0 Å². The van der Waals surface area contributed by atoms with Crippen LogP contribution >= 0.6 is 0 Å². The lowest BCUT2D eigenvalue weighted by Crippen LogP contribution is -2.48. The van der Waals surface area contributed by atoms with Crippen molar-refractivity contribution in [2.24, 2.45) is 13.0 Å². The summed E-state index contributed by atoms with van der Waals surface area (Å²) in [7, 11) is 1.77. The highest BCUT2D eigenvalue weighted by Gasteiger charge is 2.32. The fourth-order valence-corrected chi connectivity index (χ4v) is 7.35. The van der Waals surface area contributed by atoms with Crippen LogP contribution in [0.2, 0.25) is 0 Å². The molecule has 0 saturated carbocycles. The normalized spacial score (nSPS) is 25.8. The van der Waals surface area contributed by atoms with Gasteiger partial charge in [-0.15, -0.1) is 0 Å². The van der Waals surface area contributed by atoms with Gasteiger partial charge in [0.1, 0.15) is 6.04 Å². The van der Waals surface area contributed by atoms with Gasteiger partial charge in [0.05, 0.1) is 11.0 Å². The zero-order valence-electron chi connectivity index (χ0n) is 22.7. The number of imide groups is 1. The smallest absolute Gasteiger partial charge is 0.317 e. The molecule has 4 aliphatic rings. The molecule has 2 amide bonds. The minimum atomic E-state index is -0.635. The maximum absolute atomic E-state index is 13.1. The lowest BCUT2D eigenvalue weighted by molar-refractivity contribution is -0.135. The lowest BCUT2D eigenvalue weighted by Gasteiger charge is -2.41. The van der Waals surface area contributed by atoms with Gasteiger partial charge in [0.15, 0.2) is 0 Å². The van der Waals surface area contributed by atoms with Gasteiger partial charge in [-0.3, -0.25) is 24.0 Å². The van der Waals surface area contributed by atoms with Crippen LogP contribution in [0.5, 0.6) is 0 Å². The van der Waals surface area contributed by atoms with Gasteiger partial charge in [0, 0.05) is 26.1 Å². The first-order chi connectivity index (χ1) is 18.5. The first-order valence-electron chi connectivity index (χ1n) is 14.7. The molecule has 0 aliphatic carbocycles. The fraction of sp³-hybridized carbons (Fsp3) is 0.690. The molecule has 4 saturated heterocycles. The number of rotatable bonds is 5. The van der Waals surface area contributed by atoms with Crippen molar-refractivity contribution in [3.05, 3.63) is 34.2 Å². The third kappa shape index (κ3) is 5.08. The summed E-state index contributed by atoms with van der Waals surface area (Å²) in [6.07, 6.45) is 8.17. The summed E-state index contributed by atoms with van der Waals surface area (Å²) < 4.78 is 3.22. The molecule has 9 nitrogen and oxygen atoms in total. The maximum atomic E-state index is 13.1. The van der Waals surface area contributed by atoms with Gasteiger partial charge in [-0.25, -0.2) is 4.79 Å². The number of carbonyl (C=O) groups is 2. The number of nitrogens with zero attached hydrogens (tertiary/aromatic N) is 4. The van der Waals surface area contributed by atoms with Crippen molar-refractivity contribution in [1.29, 1.82) is 0 Å². The van der Waals surface area contributed by atoms with Gasteiger partial charge < -0.3 is 15.1 Å². The zero-order valence-corrected chi connectivity index (χ0v) is 22.7. The average Bonchev–Trinajstić information content (AvgIpc) is 3.19. The van der Waals surface area contributed by atoms with Crippen LogP contribution < -0.4 is 16.3 Å². The van der Waals surface area contributed by atoms with E-state index in [1.807, 2.05) is 6.07 Å². The molecule has 2 N–H and O–H groups in total. The topological polar surface area (TPSA) is 91.6 Å². The van der Waals surface area contributed by atoms with Crippen LogP contribution in [0.1, 0.15) is 68.9 Å². The summed E-state index contributed by atoms with van der Waals surface area (Å²) >= 11 is 0. The van der Waals surface area contributed by atoms with E-state index in [0.717, 1.165) is 48.9 Å². The minimum absolute atomic E-state index is 0.201. The highest BCUT2D eigenvalue weighted by atomic mass is 16.2. The number of imidazole rings is 1. The Balaban J connectivity index is 1.06. The van der Waals surface area contributed by atoms with E-state index in [1.54, 1.807) is 16.2 Å². The molecule has 0 bridgehead atoms. The molecule has 4 aliphatic heterocycles. The number of amides is 2. The summed E-state index contributed by atoms with van der Waals surface area (Å²) in [6, 6.07) is 6.45. The molecule has 9 heteroatoms. The Morgan fingerprint density at radius 2 is 1.61 bits per heavy atom. The first kappa shape index (κ1) is 25.8. The quantitative estimate of drug-likeness (QED) is 0.584. The Morgan fingerprint density at radius 3 is 2.32 bits per heavy atom. The van der Waals surface area contributed by atoms with Crippen LogP contribution in [0.4, 0.5) is 0 Å². The number of carbonyl (C=O) groups excluding carboxylic acids is 2. The van der Waals surface area contributed by atoms with Crippen molar-refractivity contribution < 1.29 is 9.59 Å². The number of aryl methyl sites for hydroxylation is 1. The van der Waals surface area contributed by atoms with E-state index in [0.29, 0.717) is 12.3 Å². The molecule has 6 rings (SSSR count). The number of piperidine rings is 4. The molecule has 5 heterocycles. The molecule has 1 aromatic carbocycles. The van der Waals surface area contributed by atoms with Crippen molar-refractivity contribution in [3.8, 4) is 0 Å². The second-order valence-electron chi connectivity index (χ2n) is 12.0. The number of aromatic nitrogens is 2. The summed E-state index contributed by atoms with van der Waals surface area (Å²) in [5, 5.41) is 5.88. The molecule has 2 aromatic rings. The van der Waals surface area contributed by atoms with Gasteiger partial charge in [-0.1, -0.05) is 6.07 Å². The standard InChI is InChI=1S/C29H42N6O3/c1-32-26-18-22(2-3-24(26)35(29(32)38)25-4-5-27(36)31-28(25)37)21-10-14-33(15-11-21)19-20-8-16-34(17-9-20)23-6-12-30-13-7-23/h2-3,18,20-21,23,25,30H,4-17,19H2,1H3,(H,31,36,37). The van der Waals surface area contributed by atoms with Crippen molar-refractivity contribution in [2.45, 2.75) is 69.4 Å². The SMILES string of the molecule is Cn1c(=O)n(C2CCC(=O)NC2=O)c2ccc(C3CCN(CC4CCN(C5CCNCC5)CC4)CC3)cc21. The number of nitrogens with one attached hydrogen (secondary N) is 2. The van der Waals surface area contributed by atoms with Gasteiger partial charge in [-0.2, -0.15) is 0 Å². The number of benzene rings is 1. The summed E-state index contributed by atoms with van der Waals surface area (Å²) in [5.74, 6) is 0.661. The van der Waals surface area contributed by atoms with Crippen LogP contribution in [-0.2, 0) is 16.6 Å². The van der Waals surface area contributed by atoms with E-state index in [9.17, 15) is 14.4 Å². The predicted molar refractivity (Wildman–Crippen MR) is 147 cm³/mol. The number of hydrogen-bond acceptors (Lipinski definition) is 6.